The van der Waals surface area contributed by atoms with Gasteiger partial charge in [0, 0.05) is 3.57 Å². The lowest BCUT2D eigenvalue weighted by molar-refractivity contribution is -0.138. The van der Waals surface area contributed by atoms with Crippen molar-refractivity contribution in [2.75, 3.05) is 0 Å². The van der Waals surface area contributed by atoms with Crippen molar-refractivity contribution >= 4 is 38.6 Å². The molecular formula is C15H14INO4S. The van der Waals surface area contributed by atoms with Gasteiger partial charge in [0.2, 0.25) is 10.0 Å². The molecular weight excluding hydrogens is 417 g/mol. The molecule has 0 unspecified atom stereocenters. The molecule has 0 saturated heterocycles. The van der Waals surface area contributed by atoms with Gasteiger partial charge in [-0.1, -0.05) is 30.3 Å². The summed E-state index contributed by atoms with van der Waals surface area (Å²) in [6, 6.07) is 13.9. The fraction of sp³-hybridized carbons (Fsp3) is 0.133. The Morgan fingerprint density at radius 2 is 1.68 bits per heavy atom. The van der Waals surface area contributed by atoms with Crippen LogP contribution in [-0.2, 0) is 21.2 Å². The molecule has 0 bridgehead atoms. The maximum atomic E-state index is 12.3. The zero-order valence-corrected chi connectivity index (χ0v) is 14.4. The van der Waals surface area contributed by atoms with Crippen LogP contribution in [0.15, 0.2) is 59.5 Å². The van der Waals surface area contributed by atoms with Crippen LogP contribution in [0.3, 0.4) is 0 Å². The lowest BCUT2D eigenvalue weighted by atomic mass is 10.1. The van der Waals surface area contributed by atoms with Crippen LogP contribution in [0.4, 0.5) is 0 Å². The van der Waals surface area contributed by atoms with Gasteiger partial charge in [-0.3, -0.25) is 4.79 Å². The normalized spacial score (nSPS) is 12.8. The molecule has 0 aliphatic heterocycles. The van der Waals surface area contributed by atoms with Crippen molar-refractivity contribution in [3.8, 4) is 0 Å². The third-order valence-electron chi connectivity index (χ3n) is 3.00. The van der Waals surface area contributed by atoms with E-state index in [1.54, 1.807) is 36.4 Å². The Balaban J connectivity index is 2.20. The van der Waals surface area contributed by atoms with Crippen molar-refractivity contribution < 1.29 is 18.3 Å². The first kappa shape index (κ1) is 16.9. The third-order valence-corrected chi connectivity index (χ3v) is 5.21. The van der Waals surface area contributed by atoms with Crippen LogP contribution in [0.5, 0.6) is 0 Å². The summed E-state index contributed by atoms with van der Waals surface area (Å²) in [5.74, 6) is -1.21. The van der Waals surface area contributed by atoms with Gasteiger partial charge in [0.25, 0.3) is 0 Å². The van der Waals surface area contributed by atoms with E-state index in [2.05, 4.69) is 27.3 Å². The molecule has 1 atom stereocenters. The maximum Gasteiger partial charge on any atom is 0.322 e. The van der Waals surface area contributed by atoms with E-state index in [0.29, 0.717) is 0 Å². The summed E-state index contributed by atoms with van der Waals surface area (Å²) in [5, 5.41) is 9.26. The van der Waals surface area contributed by atoms with E-state index in [-0.39, 0.29) is 11.3 Å². The Morgan fingerprint density at radius 1 is 1.09 bits per heavy atom. The zero-order chi connectivity index (χ0) is 16.2. The predicted octanol–water partition coefficient (Wildman–Crippen LogP) is 2.27. The molecule has 2 aromatic rings. The van der Waals surface area contributed by atoms with E-state index in [9.17, 15) is 18.3 Å². The number of aliphatic carboxylic acids is 1. The van der Waals surface area contributed by atoms with E-state index in [0.717, 1.165) is 9.13 Å². The average Bonchev–Trinajstić information content (AvgIpc) is 2.48. The second-order valence-electron chi connectivity index (χ2n) is 4.66. The Bertz CT molecular complexity index is 745. The highest BCUT2D eigenvalue weighted by Gasteiger charge is 2.25. The molecule has 7 heteroatoms. The third kappa shape index (κ3) is 4.52. The molecule has 2 N–H and O–H groups in total. The van der Waals surface area contributed by atoms with Crippen LogP contribution >= 0.6 is 22.6 Å². The van der Waals surface area contributed by atoms with Gasteiger partial charge in [-0.25, -0.2) is 8.42 Å². The van der Waals surface area contributed by atoms with Crippen molar-refractivity contribution in [1.82, 2.24) is 4.72 Å². The van der Waals surface area contributed by atoms with Crippen molar-refractivity contribution in [3.05, 3.63) is 63.7 Å². The highest BCUT2D eigenvalue weighted by atomic mass is 127. The van der Waals surface area contributed by atoms with E-state index in [1.165, 1.54) is 12.1 Å². The molecule has 0 spiro atoms. The SMILES string of the molecule is O=C(O)[C@H](Cc1ccccc1)NS(=O)(=O)c1ccc(I)cc1. The molecule has 0 fully saturated rings. The maximum absolute atomic E-state index is 12.3. The number of carboxylic acid groups (broad SMARTS) is 1. The molecule has 2 aromatic carbocycles. The summed E-state index contributed by atoms with van der Waals surface area (Å²) in [6.07, 6.45) is 0.0831. The minimum Gasteiger partial charge on any atom is -0.480 e. The average molecular weight is 431 g/mol. The van der Waals surface area contributed by atoms with E-state index >= 15 is 0 Å². The molecule has 5 nitrogen and oxygen atoms in total. The van der Waals surface area contributed by atoms with Crippen molar-refractivity contribution in [2.24, 2.45) is 0 Å². The molecule has 116 valence electrons. The summed E-state index contributed by atoms with van der Waals surface area (Å²) < 4.78 is 27.7. The molecule has 0 aliphatic rings. The molecule has 0 heterocycles. The first-order chi connectivity index (χ1) is 10.4. The Morgan fingerprint density at radius 3 is 2.23 bits per heavy atom. The first-order valence-electron chi connectivity index (χ1n) is 6.43. The van der Waals surface area contributed by atoms with Gasteiger partial charge < -0.3 is 5.11 Å². The number of rotatable bonds is 6. The minimum atomic E-state index is -3.88. The summed E-state index contributed by atoms with van der Waals surface area (Å²) in [4.78, 5) is 11.4. The molecule has 0 aromatic heterocycles. The highest BCUT2D eigenvalue weighted by molar-refractivity contribution is 14.1. The monoisotopic (exact) mass is 431 g/mol. The fourth-order valence-corrected chi connectivity index (χ4v) is 3.45. The molecule has 0 radical (unpaired) electrons. The number of halogens is 1. The van der Waals surface area contributed by atoms with Crippen LogP contribution in [0, 0.1) is 3.57 Å². The van der Waals surface area contributed by atoms with Crippen LogP contribution in [0.25, 0.3) is 0 Å². The van der Waals surface area contributed by atoms with E-state index in [4.69, 9.17) is 0 Å². The number of sulfonamides is 1. The smallest absolute Gasteiger partial charge is 0.322 e. The van der Waals surface area contributed by atoms with Gasteiger partial charge in [-0.15, -0.1) is 0 Å². The van der Waals surface area contributed by atoms with E-state index < -0.39 is 22.0 Å². The summed E-state index contributed by atoms with van der Waals surface area (Å²) in [7, 11) is -3.88. The number of nitrogens with one attached hydrogen (secondary N) is 1. The fourth-order valence-electron chi connectivity index (χ4n) is 1.90. The highest BCUT2D eigenvalue weighted by Crippen LogP contribution is 2.13. The molecule has 22 heavy (non-hydrogen) atoms. The minimum absolute atomic E-state index is 0.0484. The number of hydrogen-bond donors (Lipinski definition) is 2. The van der Waals surface area contributed by atoms with Crippen molar-refractivity contribution in [1.29, 1.82) is 0 Å². The van der Waals surface area contributed by atoms with Crippen LogP contribution in [0.2, 0.25) is 0 Å². The second-order valence-corrected chi connectivity index (χ2v) is 7.62. The molecule has 2 rings (SSSR count). The van der Waals surface area contributed by atoms with Crippen molar-refractivity contribution in [2.45, 2.75) is 17.4 Å². The number of hydrogen-bond acceptors (Lipinski definition) is 3. The predicted molar refractivity (Wildman–Crippen MR) is 91.1 cm³/mol. The summed E-state index contributed by atoms with van der Waals surface area (Å²) in [6.45, 7) is 0. The van der Waals surface area contributed by atoms with Crippen LogP contribution < -0.4 is 4.72 Å². The summed E-state index contributed by atoms with van der Waals surface area (Å²) >= 11 is 2.07. The number of carbonyl (C=O) groups is 1. The molecule has 0 amide bonds. The number of benzene rings is 2. The quantitative estimate of drug-likeness (QED) is 0.688. The zero-order valence-electron chi connectivity index (χ0n) is 11.4. The topological polar surface area (TPSA) is 83.5 Å². The van der Waals surface area contributed by atoms with Gasteiger partial charge in [-0.05, 0) is 58.8 Å². The Kier molecular flexibility index (Phi) is 5.54. The number of carboxylic acids is 1. The van der Waals surface area contributed by atoms with Gasteiger partial charge >= 0.3 is 5.97 Å². The Hall–Kier alpha value is -1.45. The van der Waals surface area contributed by atoms with Gasteiger partial charge in [0.1, 0.15) is 6.04 Å². The van der Waals surface area contributed by atoms with Gasteiger partial charge in [0.05, 0.1) is 4.90 Å². The lowest BCUT2D eigenvalue weighted by Gasteiger charge is -2.15. The van der Waals surface area contributed by atoms with E-state index in [1.807, 2.05) is 6.07 Å². The molecule has 0 aliphatic carbocycles. The second kappa shape index (κ2) is 7.21. The first-order valence-corrected chi connectivity index (χ1v) is 8.99. The lowest BCUT2D eigenvalue weighted by Crippen LogP contribution is -2.42. The Labute approximate surface area is 142 Å². The van der Waals surface area contributed by atoms with Crippen LogP contribution in [0.1, 0.15) is 5.56 Å². The summed E-state index contributed by atoms with van der Waals surface area (Å²) in [5.41, 5.74) is 0.750. The standard InChI is InChI=1S/C15H14INO4S/c16-12-6-8-13(9-7-12)22(20,21)17-14(15(18)19)10-11-4-2-1-3-5-11/h1-9,14,17H,10H2,(H,18,19)/t14-/m0/s1. The molecule has 0 saturated carbocycles. The van der Waals surface area contributed by atoms with Crippen LogP contribution in [-0.4, -0.2) is 25.5 Å². The van der Waals surface area contributed by atoms with Gasteiger partial charge in [0.15, 0.2) is 0 Å². The van der Waals surface area contributed by atoms with Crippen molar-refractivity contribution in [3.63, 3.8) is 0 Å². The van der Waals surface area contributed by atoms with Gasteiger partial charge in [-0.2, -0.15) is 4.72 Å². The largest absolute Gasteiger partial charge is 0.480 e.